The number of carbonyl (C=O) groups is 3. The van der Waals surface area contributed by atoms with Crippen molar-refractivity contribution in [3.8, 4) is 0 Å². The molecule has 8 nitrogen and oxygen atoms in total. The topological polar surface area (TPSA) is 94.4 Å². The average Bonchev–Trinajstić information content (AvgIpc) is 3.19. The predicted molar refractivity (Wildman–Crippen MR) is 113 cm³/mol. The zero-order valence-corrected chi connectivity index (χ0v) is 17.9. The van der Waals surface area contributed by atoms with Gasteiger partial charge >= 0.3 is 0 Å². The zero-order chi connectivity index (χ0) is 21.6. The number of rotatable bonds is 4. The van der Waals surface area contributed by atoms with Crippen LogP contribution in [0.4, 0.5) is 11.4 Å². The molecule has 12 heteroatoms. The van der Waals surface area contributed by atoms with Crippen LogP contribution in [0.25, 0.3) is 0 Å². The number of carbonyl (C=O) groups excluding carboxylic acids is 3. The molecular weight excluding hydrogens is 476 g/mol. The lowest BCUT2D eigenvalue weighted by Gasteiger charge is -2.20. The summed E-state index contributed by atoms with van der Waals surface area (Å²) in [7, 11) is 0. The Morgan fingerprint density at radius 2 is 1.73 bits per heavy atom. The number of nitrogens with one attached hydrogen (secondary N) is 1. The van der Waals surface area contributed by atoms with E-state index >= 15 is 0 Å². The van der Waals surface area contributed by atoms with Crippen LogP contribution in [0.1, 0.15) is 0 Å². The Balaban J connectivity index is 1.50. The van der Waals surface area contributed by atoms with E-state index in [2.05, 4.69) is 15.7 Å². The normalized spacial score (nSPS) is 20.1. The molecule has 2 aromatic rings. The van der Waals surface area contributed by atoms with Crippen molar-refractivity contribution in [2.45, 2.75) is 12.1 Å². The van der Waals surface area contributed by atoms with Crippen molar-refractivity contribution in [2.24, 2.45) is 10.3 Å². The van der Waals surface area contributed by atoms with Gasteiger partial charge in [-0.25, -0.2) is 4.90 Å². The summed E-state index contributed by atoms with van der Waals surface area (Å²) in [6.45, 7) is -0.299. The van der Waals surface area contributed by atoms with Gasteiger partial charge in [0, 0.05) is 10.7 Å². The maximum atomic E-state index is 13.0. The van der Waals surface area contributed by atoms with Crippen molar-refractivity contribution >= 4 is 75.5 Å². The number of nitrogens with zero attached hydrogens (tertiary/aromatic N) is 4. The molecule has 0 radical (unpaired) electrons. The monoisotopic (exact) mass is 485 g/mol. The van der Waals surface area contributed by atoms with Gasteiger partial charge in [0.05, 0.1) is 20.8 Å². The van der Waals surface area contributed by atoms with Gasteiger partial charge in [-0.05, 0) is 36.4 Å². The Morgan fingerprint density at radius 1 is 0.967 bits per heavy atom. The molecule has 2 atom stereocenters. The predicted octanol–water partition coefficient (Wildman–Crippen LogP) is 4.23. The van der Waals surface area contributed by atoms with Crippen LogP contribution < -0.4 is 10.2 Å². The molecule has 0 aliphatic carbocycles. The average molecular weight is 487 g/mol. The molecule has 0 saturated carbocycles. The number of hydrogen-bond acceptors (Lipinski definition) is 6. The molecular formula is C18H11Cl4N5O3. The highest BCUT2D eigenvalue weighted by molar-refractivity contribution is 6.42. The van der Waals surface area contributed by atoms with E-state index in [0.29, 0.717) is 15.7 Å². The Kier molecular flexibility index (Phi) is 5.59. The summed E-state index contributed by atoms with van der Waals surface area (Å²) in [6, 6.07) is 6.93. The number of hydrogen-bond donors (Lipinski definition) is 1. The molecule has 0 bridgehead atoms. The highest BCUT2D eigenvalue weighted by Crippen LogP contribution is 2.36. The van der Waals surface area contributed by atoms with E-state index in [0.717, 1.165) is 4.90 Å². The van der Waals surface area contributed by atoms with E-state index in [9.17, 15) is 14.4 Å². The van der Waals surface area contributed by atoms with Crippen LogP contribution >= 0.6 is 46.4 Å². The Hall–Kier alpha value is -2.39. The molecule has 30 heavy (non-hydrogen) atoms. The molecule has 0 unspecified atom stereocenters. The smallest absolute Gasteiger partial charge is 0.263 e. The van der Waals surface area contributed by atoms with E-state index < -0.39 is 29.8 Å². The van der Waals surface area contributed by atoms with Crippen molar-refractivity contribution in [3.05, 3.63) is 56.5 Å². The maximum Gasteiger partial charge on any atom is 0.263 e. The van der Waals surface area contributed by atoms with Gasteiger partial charge in [-0.3, -0.25) is 19.4 Å². The largest absolute Gasteiger partial charge is 0.324 e. The number of halogens is 4. The fraction of sp³-hybridized carbons (Fsp3) is 0.167. The molecule has 1 fully saturated rings. The van der Waals surface area contributed by atoms with Crippen LogP contribution in [0.15, 0.2) is 46.7 Å². The van der Waals surface area contributed by atoms with Crippen LogP contribution in [0.3, 0.4) is 0 Å². The number of imide groups is 1. The Bertz CT molecular complexity index is 1110. The lowest BCUT2D eigenvalue weighted by molar-refractivity contribution is -0.123. The Morgan fingerprint density at radius 3 is 2.43 bits per heavy atom. The number of benzene rings is 2. The molecule has 2 aromatic carbocycles. The fourth-order valence-corrected chi connectivity index (χ4v) is 3.97. The van der Waals surface area contributed by atoms with E-state index in [4.69, 9.17) is 46.4 Å². The molecule has 3 amide bonds. The number of fused-ring (bicyclic) bond motifs is 1. The summed E-state index contributed by atoms with van der Waals surface area (Å²) in [5, 5.41) is 12.6. The number of amides is 3. The van der Waals surface area contributed by atoms with Crippen LogP contribution in [0.2, 0.25) is 20.1 Å². The summed E-state index contributed by atoms with van der Waals surface area (Å²) in [5.74, 6) is -1.64. The van der Waals surface area contributed by atoms with E-state index in [1.807, 2.05) is 0 Å². The van der Waals surface area contributed by atoms with Crippen LogP contribution in [-0.2, 0) is 14.4 Å². The molecule has 154 valence electrons. The third-order valence-corrected chi connectivity index (χ3v) is 5.79. The molecule has 1 saturated heterocycles. The van der Waals surface area contributed by atoms with Crippen LogP contribution in [-0.4, -0.2) is 41.4 Å². The first kappa shape index (κ1) is 20.9. The van der Waals surface area contributed by atoms with E-state index in [-0.39, 0.29) is 22.3 Å². The van der Waals surface area contributed by atoms with Gasteiger partial charge in [0.2, 0.25) is 5.91 Å². The highest BCUT2D eigenvalue weighted by atomic mass is 35.5. The minimum absolute atomic E-state index is 0.144. The zero-order valence-electron chi connectivity index (χ0n) is 14.9. The molecule has 2 aliphatic heterocycles. The van der Waals surface area contributed by atoms with Crippen LogP contribution in [0.5, 0.6) is 0 Å². The van der Waals surface area contributed by atoms with Gasteiger partial charge in [0.25, 0.3) is 11.8 Å². The molecule has 4 rings (SSSR count). The van der Waals surface area contributed by atoms with Gasteiger partial charge < -0.3 is 5.32 Å². The highest BCUT2D eigenvalue weighted by Gasteiger charge is 2.55. The summed E-state index contributed by atoms with van der Waals surface area (Å²) < 4.78 is 0. The maximum absolute atomic E-state index is 13.0. The molecule has 2 heterocycles. The first-order valence-corrected chi connectivity index (χ1v) is 10.0. The van der Waals surface area contributed by atoms with E-state index in [1.54, 1.807) is 6.07 Å². The van der Waals surface area contributed by atoms with Gasteiger partial charge in [0.1, 0.15) is 6.54 Å². The second kappa shape index (κ2) is 8.03. The molecule has 2 aliphatic rings. The second-order valence-corrected chi connectivity index (χ2v) is 8.13. The second-order valence-electron chi connectivity index (χ2n) is 6.48. The van der Waals surface area contributed by atoms with Crippen molar-refractivity contribution in [3.63, 3.8) is 0 Å². The minimum atomic E-state index is -1.05. The fourth-order valence-electron chi connectivity index (χ4n) is 3.18. The first-order valence-electron chi connectivity index (χ1n) is 8.51. The van der Waals surface area contributed by atoms with Crippen molar-refractivity contribution < 1.29 is 14.4 Å². The standard InChI is InChI=1S/C18H11Cl4N5O3/c19-8-1-4-13(12(22)5-8)27-17(29)15-16(18(27)30)26(25-24-15)7-14(28)23-9-2-3-10(20)11(21)6-9/h1-6,15-16H,7H2,(H,23,28)/t15-,16-/m0/s1. The number of anilines is 2. The summed E-state index contributed by atoms with van der Waals surface area (Å²) in [4.78, 5) is 39.0. The van der Waals surface area contributed by atoms with Crippen molar-refractivity contribution in [1.29, 1.82) is 0 Å². The summed E-state index contributed by atoms with van der Waals surface area (Å²) in [6.07, 6.45) is 0. The lowest BCUT2D eigenvalue weighted by Crippen LogP contribution is -2.43. The minimum Gasteiger partial charge on any atom is -0.324 e. The van der Waals surface area contributed by atoms with Gasteiger partial charge in [-0.15, -0.1) is 0 Å². The lowest BCUT2D eigenvalue weighted by atomic mass is 10.1. The summed E-state index contributed by atoms with van der Waals surface area (Å²) >= 11 is 23.8. The van der Waals surface area contributed by atoms with Gasteiger partial charge in [0.15, 0.2) is 12.1 Å². The van der Waals surface area contributed by atoms with Crippen molar-refractivity contribution in [2.75, 3.05) is 16.8 Å². The quantitative estimate of drug-likeness (QED) is 0.654. The van der Waals surface area contributed by atoms with Gasteiger partial charge in [-0.2, -0.15) is 5.11 Å². The van der Waals surface area contributed by atoms with Crippen LogP contribution in [0, 0.1) is 0 Å². The first-order chi connectivity index (χ1) is 14.3. The SMILES string of the molecule is O=C(CN1N=N[C@@H]2C(=O)N(c3ccc(Cl)cc3Cl)C(=O)[C@H]21)Nc1ccc(Cl)c(Cl)c1. The Labute approximate surface area is 190 Å². The van der Waals surface area contributed by atoms with E-state index in [1.165, 1.54) is 35.3 Å². The van der Waals surface area contributed by atoms with Crippen molar-refractivity contribution in [1.82, 2.24) is 5.01 Å². The molecule has 0 spiro atoms. The summed E-state index contributed by atoms with van der Waals surface area (Å²) in [5.41, 5.74) is 0.617. The third kappa shape index (κ3) is 3.72. The molecule has 0 aromatic heterocycles. The van der Waals surface area contributed by atoms with Gasteiger partial charge in [-0.1, -0.05) is 51.6 Å². The molecule has 1 N–H and O–H groups in total. The third-order valence-electron chi connectivity index (χ3n) is 4.52.